The van der Waals surface area contributed by atoms with Crippen molar-refractivity contribution in [2.75, 3.05) is 0 Å². The lowest BCUT2D eigenvalue weighted by molar-refractivity contribution is -0.137. The fourth-order valence-electron chi connectivity index (χ4n) is 1.98. The average Bonchev–Trinajstić information content (AvgIpc) is 2.58. The van der Waals surface area contributed by atoms with Gasteiger partial charge in [0.05, 0.1) is 0 Å². The molecule has 0 amide bonds. The van der Waals surface area contributed by atoms with Crippen molar-refractivity contribution >= 4 is 11.8 Å². The maximum atomic E-state index is 11.4. The van der Waals surface area contributed by atoms with Crippen LogP contribution in [0.1, 0.15) is 51.9 Å². The van der Waals surface area contributed by atoms with Gasteiger partial charge in [0.1, 0.15) is 0 Å². The zero-order chi connectivity index (χ0) is 11.3. The number of hydrogen-bond donors (Lipinski definition) is 1. The number of carbonyl (C=O) groups is 2. The number of aliphatic carboxylic acids is 1. The first-order valence-corrected chi connectivity index (χ1v) is 5.55. The third-order valence-corrected chi connectivity index (χ3v) is 2.87. The Bertz CT molecular complexity index is 289. The third-order valence-electron chi connectivity index (χ3n) is 2.87. The summed E-state index contributed by atoms with van der Waals surface area (Å²) in [4.78, 5) is 21.7. The second-order valence-electron chi connectivity index (χ2n) is 4.14. The molecule has 0 aromatic heterocycles. The molecule has 0 bridgehead atoms. The molecular weight excluding hydrogens is 192 g/mol. The molecule has 1 aliphatic rings. The molecule has 15 heavy (non-hydrogen) atoms. The smallest absolute Gasteiger partial charge is 0.303 e. The number of carbonyl (C=O) groups excluding carboxylic acids is 1. The second kappa shape index (κ2) is 5.69. The van der Waals surface area contributed by atoms with Crippen molar-refractivity contribution in [3.05, 3.63) is 11.1 Å². The largest absolute Gasteiger partial charge is 0.481 e. The highest BCUT2D eigenvalue weighted by Crippen LogP contribution is 2.26. The molecule has 0 spiro atoms. The maximum Gasteiger partial charge on any atom is 0.303 e. The molecule has 1 N–H and O–H groups in total. The Morgan fingerprint density at radius 1 is 1.27 bits per heavy atom. The lowest BCUT2D eigenvalue weighted by atomic mass is 10.0. The molecule has 3 nitrogen and oxygen atoms in total. The Morgan fingerprint density at radius 3 is 2.47 bits per heavy atom. The van der Waals surface area contributed by atoms with Crippen LogP contribution in [0.15, 0.2) is 11.1 Å². The normalized spacial score (nSPS) is 19.4. The van der Waals surface area contributed by atoms with E-state index in [1.54, 1.807) is 0 Å². The van der Waals surface area contributed by atoms with Crippen LogP contribution in [0.25, 0.3) is 0 Å². The number of ketones is 1. The third kappa shape index (κ3) is 3.86. The fraction of sp³-hybridized carbons (Fsp3) is 0.667. The molecule has 1 fully saturated rings. The van der Waals surface area contributed by atoms with E-state index < -0.39 is 5.97 Å². The Hall–Kier alpha value is -1.12. The zero-order valence-corrected chi connectivity index (χ0v) is 9.21. The SMILES string of the molecule is C/C(CCCCC(=O)O)=C1/CCCC1=O. The van der Waals surface area contributed by atoms with Crippen LogP contribution in [0, 0.1) is 0 Å². The summed E-state index contributed by atoms with van der Waals surface area (Å²) >= 11 is 0. The monoisotopic (exact) mass is 210 g/mol. The van der Waals surface area contributed by atoms with Crippen molar-refractivity contribution in [1.29, 1.82) is 0 Å². The summed E-state index contributed by atoms with van der Waals surface area (Å²) in [7, 11) is 0. The Balaban J connectivity index is 2.32. The first kappa shape index (κ1) is 12.0. The molecule has 0 aromatic rings. The number of carboxylic acids is 1. The number of hydrogen-bond acceptors (Lipinski definition) is 2. The highest BCUT2D eigenvalue weighted by molar-refractivity contribution is 5.97. The minimum atomic E-state index is -0.739. The second-order valence-corrected chi connectivity index (χ2v) is 4.14. The van der Waals surface area contributed by atoms with Crippen LogP contribution in [0.5, 0.6) is 0 Å². The standard InChI is InChI=1S/C12H18O3/c1-9(5-2-3-8-12(14)15)10-6-4-7-11(10)13/h2-8H2,1H3,(H,14,15)/b10-9+. The summed E-state index contributed by atoms with van der Waals surface area (Å²) in [5, 5.41) is 8.47. The van der Waals surface area contributed by atoms with E-state index in [1.807, 2.05) is 6.92 Å². The Labute approximate surface area is 90.2 Å². The van der Waals surface area contributed by atoms with Crippen LogP contribution in [0.4, 0.5) is 0 Å². The molecule has 84 valence electrons. The van der Waals surface area contributed by atoms with Crippen molar-refractivity contribution in [2.24, 2.45) is 0 Å². The molecule has 0 aliphatic heterocycles. The van der Waals surface area contributed by atoms with Crippen molar-refractivity contribution in [1.82, 2.24) is 0 Å². The van der Waals surface area contributed by atoms with E-state index in [2.05, 4.69) is 0 Å². The lowest BCUT2D eigenvalue weighted by Crippen LogP contribution is -1.97. The van der Waals surface area contributed by atoms with Crippen LogP contribution in [-0.4, -0.2) is 16.9 Å². The van der Waals surface area contributed by atoms with Gasteiger partial charge in [-0.1, -0.05) is 5.57 Å². The summed E-state index contributed by atoms with van der Waals surface area (Å²) in [6, 6.07) is 0. The molecule has 1 saturated carbocycles. The van der Waals surface area contributed by atoms with Gasteiger partial charge < -0.3 is 5.11 Å². The minimum Gasteiger partial charge on any atom is -0.481 e. The van der Waals surface area contributed by atoms with Gasteiger partial charge in [-0.15, -0.1) is 0 Å². The number of unbranched alkanes of at least 4 members (excludes halogenated alkanes) is 1. The summed E-state index contributed by atoms with van der Waals surface area (Å²) in [5.74, 6) is -0.442. The van der Waals surface area contributed by atoms with E-state index in [0.717, 1.165) is 31.3 Å². The van der Waals surface area contributed by atoms with Gasteiger partial charge in [0, 0.05) is 12.8 Å². The minimum absolute atomic E-state index is 0.233. The van der Waals surface area contributed by atoms with Gasteiger partial charge >= 0.3 is 5.97 Å². The first-order valence-electron chi connectivity index (χ1n) is 5.55. The van der Waals surface area contributed by atoms with E-state index in [-0.39, 0.29) is 6.42 Å². The van der Waals surface area contributed by atoms with Gasteiger partial charge in [-0.3, -0.25) is 9.59 Å². The van der Waals surface area contributed by atoms with Gasteiger partial charge in [0.25, 0.3) is 0 Å². The van der Waals surface area contributed by atoms with Crippen molar-refractivity contribution in [2.45, 2.75) is 51.9 Å². The van der Waals surface area contributed by atoms with E-state index >= 15 is 0 Å². The molecule has 0 aromatic carbocycles. The van der Waals surface area contributed by atoms with Gasteiger partial charge in [0.15, 0.2) is 5.78 Å². The zero-order valence-electron chi connectivity index (χ0n) is 9.21. The predicted octanol–water partition coefficient (Wildman–Crippen LogP) is 2.70. The predicted molar refractivity (Wildman–Crippen MR) is 57.7 cm³/mol. The van der Waals surface area contributed by atoms with E-state index in [0.29, 0.717) is 18.6 Å². The summed E-state index contributed by atoms with van der Waals surface area (Å²) in [6.45, 7) is 2.00. The van der Waals surface area contributed by atoms with Crippen LogP contribution in [-0.2, 0) is 9.59 Å². The molecule has 0 radical (unpaired) electrons. The molecule has 0 atom stereocenters. The molecular formula is C12H18O3. The highest BCUT2D eigenvalue weighted by atomic mass is 16.4. The van der Waals surface area contributed by atoms with Crippen LogP contribution in [0.2, 0.25) is 0 Å². The van der Waals surface area contributed by atoms with Crippen LogP contribution in [0.3, 0.4) is 0 Å². The molecule has 0 heterocycles. The lowest BCUT2D eigenvalue weighted by Gasteiger charge is -2.04. The number of Topliss-reactive ketones (excluding diaryl/α,β-unsaturated/α-hetero) is 1. The summed E-state index contributed by atoms with van der Waals surface area (Å²) < 4.78 is 0. The quantitative estimate of drug-likeness (QED) is 0.560. The van der Waals surface area contributed by atoms with E-state index in [9.17, 15) is 9.59 Å². The van der Waals surface area contributed by atoms with E-state index in [4.69, 9.17) is 5.11 Å². The molecule has 1 aliphatic carbocycles. The molecule has 0 unspecified atom stereocenters. The first-order chi connectivity index (χ1) is 7.11. The molecule has 0 saturated heterocycles. The Kier molecular flexibility index (Phi) is 4.53. The van der Waals surface area contributed by atoms with Gasteiger partial charge in [-0.25, -0.2) is 0 Å². The van der Waals surface area contributed by atoms with E-state index in [1.165, 1.54) is 5.57 Å². The Morgan fingerprint density at radius 2 is 1.93 bits per heavy atom. The van der Waals surface area contributed by atoms with Crippen LogP contribution >= 0.6 is 0 Å². The summed E-state index contributed by atoms with van der Waals surface area (Å²) in [5.41, 5.74) is 2.17. The van der Waals surface area contributed by atoms with Gasteiger partial charge in [0.2, 0.25) is 0 Å². The van der Waals surface area contributed by atoms with Crippen LogP contribution < -0.4 is 0 Å². The highest BCUT2D eigenvalue weighted by Gasteiger charge is 2.18. The number of rotatable bonds is 5. The van der Waals surface area contributed by atoms with Gasteiger partial charge in [-0.2, -0.15) is 0 Å². The average molecular weight is 210 g/mol. The number of carboxylic acid groups (broad SMARTS) is 1. The maximum absolute atomic E-state index is 11.4. The number of allylic oxidation sites excluding steroid dienone is 2. The van der Waals surface area contributed by atoms with Crippen molar-refractivity contribution < 1.29 is 14.7 Å². The molecule has 3 heteroatoms. The topological polar surface area (TPSA) is 54.4 Å². The fourth-order valence-corrected chi connectivity index (χ4v) is 1.98. The van der Waals surface area contributed by atoms with Crippen molar-refractivity contribution in [3.8, 4) is 0 Å². The summed E-state index contributed by atoms with van der Waals surface area (Å²) in [6.07, 6.45) is 5.28. The molecule has 1 rings (SSSR count). The van der Waals surface area contributed by atoms with Gasteiger partial charge in [-0.05, 0) is 44.6 Å². The van der Waals surface area contributed by atoms with Crippen molar-refractivity contribution in [3.63, 3.8) is 0 Å².